The third kappa shape index (κ3) is 5.62. The normalized spacial score (nSPS) is 19.9. The van der Waals surface area contributed by atoms with Crippen LogP contribution in [0.4, 0.5) is 5.13 Å². The number of amides is 1. The van der Waals surface area contributed by atoms with Crippen molar-refractivity contribution in [1.29, 1.82) is 0 Å². The number of benzene rings is 2. The maximum Gasteiger partial charge on any atom is 0.254 e. The molecule has 2 unspecified atom stereocenters. The van der Waals surface area contributed by atoms with E-state index in [4.69, 9.17) is 9.72 Å². The summed E-state index contributed by atoms with van der Waals surface area (Å²) in [6.45, 7) is 9.69. The number of hydrogen-bond donors (Lipinski definition) is 0. The minimum Gasteiger partial charge on any atom is -0.488 e. The number of thiazole rings is 1. The predicted molar refractivity (Wildman–Crippen MR) is 164 cm³/mol. The summed E-state index contributed by atoms with van der Waals surface area (Å²) < 4.78 is 8.33. The molecule has 0 radical (unpaired) electrons. The number of hydrogen-bond acceptors (Lipinski definition) is 6. The maximum atomic E-state index is 13.1. The highest BCUT2D eigenvalue weighted by atomic mass is 32.1. The monoisotopic (exact) mass is 569 g/mol. The van der Waals surface area contributed by atoms with Gasteiger partial charge >= 0.3 is 0 Å². The molecule has 0 N–H and O–H groups in total. The number of ether oxygens (including phenoxy) is 1. The Bertz CT molecular complexity index is 1540. The molecule has 2 aliphatic rings. The summed E-state index contributed by atoms with van der Waals surface area (Å²) in [7, 11) is 3.74. The molecule has 1 saturated heterocycles. The van der Waals surface area contributed by atoms with Crippen molar-refractivity contribution in [3.63, 3.8) is 0 Å². The standard InChI is InChI=1S/C33H39N5O2S/c1-21-6-11-30(28(14-21)29-20-41-33(35-29)38-16-25-8-9-26(17-38)23(25)3)40-19-27-10-7-24(15-22(27)2)32(39)37(5)18-31-34-12-13-36(31)4/h6-7,10-15,20,23,25-26H,8-9,16-19H2,1-5H3. The molecule has 2 atom stereocenters. The van der Waals surface area contributed by atoms with Crippen molar-refractivity contribution >= 4 is 22.4 Å². The van der Waals surface area contributed by atoms with Crippen LogP contribution in [0.25, 0.3) is 11.3 Å². The second-order valence-corrected chi connectivity index (χ2v) is 12.8. The van der Waals surface area contributed by atoms with E-state index < -0.39 is 0 Å². The Morgan fingerprint density at radius 3 is 2.61 bits per heavy atom. The fourth-order valence-corrected chi connectivity index (χ4v) is 7.20. The van der Waals surface area contributed by atoms with E-state index in [9.17, 15) is 4.79 Å². The molecule has 6 rings (SSSR count). The molecule has 1 amide bonds. The first kappa shape index (κ1) is 27.5. The molecule has 2 aromatic heterocycles. The largest absolute Gasteiger partial charge is 0.488 e. The molecule has 3 heterocycles. The SMILES string of the molecule is Cc1ccc(OCc2ccc(C(=O)N(C)Cc3nccn3C)cc2C)c(-c2csc(N3CC4CCC(C3)C4C)n2)c1. The molecular formula is C33H39N5O2S. The van der Waals surface area contributed by atoms with Gasteiger partial charge in [0, 0.05) is 56.1 Å². The van der Waals surface area contributed by atoms with E-state index in [0.717, 1.165) is 69.9 Å². The van der Waals surface area contributed by atoms with Crippen LogP contribution in [0.5, 0.6) is 5.75 Å². The second-order valence-electron chi connectivity index (χ2n) is 11.9. The van der Waals surface area contributed by atoms with Crippen LogP contribution in [-0.4, -0.2) is 45.5 Å². The quantitative estimate of drug-likeness (QED) is 0.243. The van der Waals surface area contributed by atoms with E-state index in [0.29, 0.717) is 18.7 Å². The Morgan fingerprint density at radius 1 is 1.12 bits per heavy atom. The summed E-state index contributed by atoms with van der Waals surface area (Å²) in [5.74, 6) is 4.08. The molecule has 4 aromatic rings. The number of carbonyl (C=O) groups is 1. The lowest BCUT2D eigenvalue weighted by Crippen LogP contribution is -2.40. The Kier molecular flexibility index (Phi) is 7.60. The number of anilines is 1. The van der Waals surface area contributed by atoms with E-state index in [-0.39, 0.29) is 5.91 Å². The molecule has 2 aromatic carbocycles. The Balaban J connectivity index is 1.15. The van der Waals surface area contributed by atoms with Crippen molar-refractivity contribution in [2.24, 2.45) is 24.8 Å². The van der Waals surface area contributed by atoms with Gasteiger partial charge in [-0.1, -0.05) is 24.6 Å². The number of aromatic nitrogens is 3. The summed E-state index contributed by atoms with van der Waals surface area (Å²) >= 11 is 1.74. The third-order valence-electron chi connectivity index (χ3n) is 9.10. The Morgan fingerprint density at radius 2 is 1.90 bits per heavy atom. The lowest BCUT2D eigenvalue weighted by atomic mass is 9.87. The molecule has 1 saturated carbocycles. The van der Waals surface area contributed by atoms with Crippen LogP contribution < -0.4 is 9.64 Å². The van der Waals surface area contributed by atoms with Crippen LogP contribution in [0.3, 0.4) is 0 Å². The van der Waals surface area contributed by atoms with Gasteiger partial charge in [0.15, 0.2) is 5.13 Å². The van der Waals surface area contributed by atoms with Gasteiger partial charge in [-0.2, -0.15) is 0 Å². The molecule has 8 heteroatoms. The van der Waals surface area contributed by atoms with E-state index in [1.807, 2.05) is 56.0 Å². The van der Waals surface area contributed by atoms with Crippen LogP contribution in [-0.2, 0) is 20.2 Å². The van der Waals surface area contributed by atoms with E-state index in [1.165, 1.54) is 18.4 Å². The first-order valence-electron chi connectivity index (χ1n) is 14.5. The van der Waals surface area contributed by atoms with Gasteiger partial charge < -0.3 is 19.1 Å². The highest BCUT2D eigenvalue weighted by Crippen LogP contribution is 2.44. The smallest absolute Gasteiger partial charge is 0.254 e. The van der Waals surface area contributed by atoms with Gasteiger partial charge in [-0.05, 0) is 79.8 Å². The number of carbonyl (C=O) groups excluding carboxylic acids is 1. The van der Waals surface area contributed by atoms with Gasteiger partial charge in [-0.3, -0.25) is 4.79 Å². The van der Waals surface area contributed by atoms with Gasteiger partial charge in [-0.25, -0.2) is 9.97 Å². The molecule has 214 valence electrons. The van der Waals surface area contributed by atoms with Crippen molar-refractivity contribution in [2.45, 2.75) is 46.8 Å². The number of rotatable bonds is 8. The summed E-state index contributed by atoms with van der Waals surface area (Å²) in [5.41, 5.74) is 5.93. The number of fused-ring (bicyclic) bond motifs is 2. The molecule has 41 heavy (non-hydrogen) atoms. The molecular weight excluding hydrogens is 530 g/mol. The average molecular weight is 570 g/mol. The molecule has 2 bridgehead atoms. The highest BCUT2D eigenvalue weighted by Gasteiger charge is 2.39. The average Bonchev–Trinajstić information content (AvgIpc) is 3.65. The van der Waals surface area contributed by atoms with Gasteiger partial charge in [0.05, 0.1) is 12.2 Å². The number of nitrogens with zero attached hydrogens (tertiary/aromatic N) is 5. The predicted octanol–water partition coefficient (Wildman–Crippen LogP) is 6.49. The van der Waals surface area contributed by atoms with Crippen LogP contribution in [0.15, 0.2) is 54.2 Å². The lowest BCUT2D eigenvalue weighted by molar-refractivity contribution is 0.0780. The summed E-state index contributed by atoms with van der Waals surface area (Å²) in [4.78, 5) is 26.7. The van der Waals surface area contributed by atoms with Gasteiger partial charge in [0.2, 0.25) is 0 Å². The zero-order valence-corrected chi connectivity index (χ0v) is 25.4. The fraction of sp³-hybridized carbons (Fsp3) is 0.424. The first-order chi connectivity index (χ1) is 19.8. The number of aryl methyl sites for hydroxylation is 3. The maximum absolute atomic E-state index is 13.1. The Hall–Kier alpha value is -3.65. The molecule has 2 fully saturated rings. The topological polar surface area (TPSA) is 63.5 Å². The van der Waals surface area contributed by atoms with Crippen molar-refractivity contribution in [3.8, 4) is 17.0 Å². The van der Waals surface area contributed by atoms with Crippen molar-refractivity contribution in [2.75, 3.05) is 25.0 Å². The van der Waals surface area contributed by atoms with Crippen LogP contribution in [0, 0.1) is 31.6 Å². The van der Waals surface area contributed by atoms with Crippen molar-refractivity contribution in [3.05, 3.63) is 82.3 Å². The highest BCUT2D eigenvalue weighted by molar-refractivity contribution is 7.14. The second kappa shape index (κ2) is 11.3. The number of piperidine rings is 1. The molecule has 0 spiro atoms. The van der Waals surface area contributed by atoms with E-state index in [1.54, 1.807) is 22.4 Å². The summed E-state index contributed by atoms with van der Waals surface area (Å²) in [5, 5.41) is 3.30. The number of imidazole rings is 1. The Labute approximate surface area is 246 Å². The van der Waals surface area contributed by atoms with Crippen molar-refractivity contribution in [1.82, 2.24) is 19.4 Å². The minimum absolute atomic E-state index is 0.0279. The molecule has 7 nitrogen and oxygen atoms in total. The van der Waals surface area contributed by atoms with Crippen molar-refractivity contribution < 1.29 is 9.53 Å². The minimum atomic E-state index is -0.0279. The van der Waals surface area contributed by atoms with Gasteiger partial charge in [0.25, 0.3) is 5.91 Å². The van der Waals surface area contributed by atoms with Crippen LogP contribution >= 0.6 is 11.3 Å². The van der Waals surface area contributed by atoms with Crippen LogP contribution in [0.1, 0.15) is 52.6 Å². The first-order valence-corrected chi connectivity index (χ1v) is 15.4. The molecule has 1 aliphatic carbocycles. The third-order valence-corrected chi connectivity index (χ3v) is 10.00. The van der Waals surface area contributed by atoms with Gasteiger partial charge in [-0.15, -0.1) is 11.3 Å². The van der Waals surface area contributed by atoms with E-state index >= 15 is 0 Å². The van der Waals surface area contributed by atoms with Crippen LogP contribution in [0.2, 0.25) is 0 Å². The zero-order valence-electron chi connectivity index (χ0n) is 24.6. The molecule has 1 aliphatic heterocycles. The lowest BCUT2D eigenvalue weighted by Gasteiger charge is -2.36. The zero-order chi connectivity index (χ0) is 28.7. The summed E-state index contributed by atoms with van der Waals surface area (Å²) in [6.07, 6.45) is 6.34. The van der Waals surface area contributed by atoms with E-state index in [2.05, 4.69) is 41.2 Å². The fourth-order valence-electron chi connectivity index (χ4n) is 6.35. The summed E-state index contributed by atoms with van der Waals surface area (Å²) in [6, 6.07) is 12.1. The van der Waals surface area contributed by atoms with Gasteiger partial charge in [0.1, 0.15) is 18.2 Å².